The molecule has 124 valence electrons. The lowest BCUT2D eigenvalue weighted by atomic mass is 9.82. The first-order valence-electron chi connectivity index (χ1n) is 8.87. The fraction of sp³-hybridized carbons (Fsp3) is 0.882. The van der Waals surface area contributed by atoms with Crippen molar-refractivity contribution in [1.29, 1.82) is 0 Å². The molecule has 2 amide bonds. The van der Waals surface area contributed by atoms with Crippen LogP contribution in [0.1, 0.15) is 64.2 Å². The summed E-state index contributed by atoms with van der Waals surface area (Å²) >= 11 is 0. The van der Waals surface area contributed by atoms with Crippen molar-refractivity contribution in [2.24, 2.45) is 0 Å². The summed E-state index contributed by atoms with van der Waals surface area (Å²) in [5, 5.41) is 10.6. The van der Waals surface area contributed by atoms with Gasteiger partial charge in [-0.3, -0.25) is 9.59 Å². The van der Waals surface area contributed by atoms with Crippen LogP contribution in [0.2, 0.25) is 0 Å². The maximum atomic E-state index is 12.6. The van der Waals surface area contributed by atoms with E-state index in [0.717, 1.165) is 58.0 Å². The molecule has 5 nitrogen and oxygen atoms in total. The fourth-order valence-corrected chi connectivity index (χ4v) is 4.27. The van der Waals surface area contributed by atoms with Gasteiger partial charge in [0, 0.05) is 32.1 Å². The third kappa shape index (κ3) is 3.45. The van der Waals surface area contributed by atoms with Gasteiger partial charge in [-0.05, 0) is 32.1 Å². The predicted octanol–water partition coefficient (Wildman–Crippen LogP) is 1.69. The number of nitrogens with zero attached hydrogens (tertiary/aromatic N) is 2. The third-order valence-electron chi connectivity index (χ3n) is 5.56. The van der Waals surface area contributed by atoms with E-state index in [9.17, 15) is 14.7 Å². The molecule has 0 aromatic heterocycles. The summed E-state index contributed by atoms with van der Waals surface area (Å²) in [6.45, 7) is 2.27. The topological polar surface area (TPSA) is 60.9 Å². The van der Waals surface area contributed by atoms with Gasteiger partial charge >= 0.3 is 0 Å². The van der Waals surface area contributed by atoms with E-state index in [4.69, 9.17) is 0 Å². The van der Waals surface area contributed by atoms with Crippen LogP contribution in [0.5, 0.6) is 0 Å². The van der Waals surface area contributed by atoms with Crippen LogP contribution in [0.4, 0.5) is 0 Å². The highest BCUT2D eigenvalue weighted by atomic mass is 16.3. The summed E-state index contributed by atoms with van der Waals surface area (Å²) < 4.78 is 0. The summed E-state index contributed by atoms with van der Waals surface area (Å²) in [5.41, 5.74) is -0.786. The zero-order valence-corrected chi connectivity index (χ0v) is 13.4. The van der Waals surface area contributed by atoms with Gasteiger partial charge in [0.1, 0.15) is 0 Å². The average molecular weight is 308 g/mol. The number of carbonyl (C=O) groups excluding carboxylic acids is 2. The minimum Gasteiger partial charge on any atom is -0.389 e. The fourth-order valence-electron chi connectivity index (χ4n) is 4.27. The molecular formula is C17H28N2O3. The monoisotopic (exact) mass is 308 g/mol. The number of piperidine rings is 1. The molecule has 0 aromatic rings. The summed E-state index contributed by atoms with van der Waals surface area (Å²) in [5.74, 6) is 0.311. The molecule has 0 radical (unpaired) electrons. The average Bonchev–Trinajstić information content (AvgIpc) is 2.94. The Morgan fingerprint density at radius 1 is 1.14 bits per heavy atom. The van der Waals surface area contributed by atoms with E-state index in [1.54, 1.807) is 0 Å². The van der Waals surface area contributed by atoms with Gasteiger partial charge < -0.3 is 14.9 Å². The molecule has 1 aliphatic carbocycles. The molecule has 3 aliphatic rings. The molecule has 1 N–H and O–H groups in total. The van der Waals surface area contributed by atoms with Crippen LogP contribution < -0.4 is 0 Å². The molecule has 2 heterocycles. The minimum atomic E-state index is -0.786. The number of aliphatic hydroxyl groups is 1. The SMILES string of the molecule is O=C(CC1(O)CCCCC1)N1CCCC(N2CCCC2=O)C1. The quantitative estimate of drug-likeness (QED) is 0.863. The van der Waals surface area contributed by atoms with Crippen molar-refractivity contribution in [2.75, 3.05) is 19.6 Å². The lowest BCUT2D eigenvalue weighted by Crippen LogP contribution is -2.51. The van der Waals surface area contributed by atoms with Crippen molar-refractivity contribution in [3.63, 3.8) is 0 Å². The number of carbonyl (C=O) groups is 2. The highest BCUT2D eigenvalue weighted by molar-refractivity contribution is 5.79. The van der Waals surface area contributed by atoms with Gasteiger partial charge in [0.2, 0.25) is 11.8 Å². The van der Waals surface area contributed by atoms with Gasteiger partial charge in [-0.2, -0.15) is 0 Å². The van der Waals surface area contributed by atoms with Gasteiger partial charge in [0.05, 0.1) is 12.0 Å². The van der Waals surface area contributed by atoms with Crippen LogP contribution in [0.25, 0.3) is 0 Å². The Morgan fingerprint density at radius 2 is 1.91 bits per heavy atom. The molecule has 1 unspecified atom stereocenters. The Bertz CT molecular complexity index is 432. The number of hydrogen-bond donors (Lipinski definition) is 1. The van der Waals surface area contributed by atoms with Crippen molar-refractivity contribution in [2.45, 2.75) is 75.9 Å². The summed E-state index contributed by atoms with van der Waals surface area (Å²) in [7, 11) is 0. The van der Waals surface area contributed by atoms with E-state index in [2.05, 4.69) is 0 Å². The minimum absolute atomic E-state index is 0.0701. The summed E-state index contributed by atoms with van der Waals surface area (Å²) in [6, 6.07) is 0.189. The molecule has 1 saturated carbocycles. The van der Waals surface area contributed by atoms with Crippen LogP contribution in [0.15, 0.2) is 0 Å². The lowest BCUT2D eigenvalue weighted by Gasteiger charge is -2.39. The lowest BCUT2D eigenvalue weighted by molar-refractivity contribution is -0.142. The molecule has 2 saturated heterocycles. The molecule has 5 heteroatoms. The molecule has 1 atom stereocenters. The molecule has 22 heavy (non-hydrogen) atoms. The Balaban J connectivity index is 1.57. The van der Waals surface area contributed by atoms with E-state index in [-0.39, 0.29) is 24.3 Å². The Labute approximate surface area is 132 Å². The van der Waals surface area contributed by atoms with E-state index in [1.165, 1.54) is 6.42 Å². The van der Waals surface area contributed by atoms with E-state index >= 15 is 0 Å². The van der Waals surface area contributed by atoms with Gasteiger partial charge in [-0.25, -0.2) is 0 Å². The second kappa shape index (κ2) is 6.57. The molecule has 3 rings (SSSR count). The normalized spacial score (nSPS) is 29.0. The van der Waals surface area contributed by atoms with Crippen molar-refractivity contribution in [3.05, 3.63) is 0 Å². The van der Waals surface area contributed by atoms with Crippen molar-refractivity contribution in [3.8, 4) is 0 Å². The smallest absolute Gasteiger partial charge is 0.225 e. The highest BCUT2D eigenvalue weighted by Crippen LogP contribution is 2.32. The maximum absolute atomic E-state index is 12.6. The van der Waals surface area contributed by atoms with Crippen molar-refractivity contribution in [1.82, 2.24) is 9.80 Å². The predicted molar refractivity (Wildman–Crippen MR) is 83.2 cm³/mol. The maximum Gasteiger partial charge on any atom is 0.225 e. The second-order valence-electron chi connectivity index (χ2n) is 7.29. The molecule has 0 bridgehead atoms. The van der Waals surface area contributed by atoms with E-state index in [0.29, 0.717) is 13.0 Å². The Hall–Kier alpha value is -1.10. The van der Waals surface area contributed by atoms with E-state index in [1.807, 2.05) is 9.80 Å². The first-order valence-corrected chi connectivity index (χ1v) is 8.87. The second-order valence-corrected chi connectivity index (χ2v) is 7.29. The van der Waals surface area contributed by atoms with Crippen LogP contribution in [0.3, 0.4) is 0 Å². The third-order valence-corrected chi connectivity index (χ3v) is 5.56. The largest absolute Gasteiger partial charge is 0.389 e. The zero-order valence-electron chi connectivity index (χ0n) is 13.4. The van der Waals surface area contributed by atoms with Crippen LogP contribution in [-0.4, -0.2) is 58.0 Å². The molecule has 0 spiro atoms. The van der Waals surface area contributed by atoms with Gasteiger partial charge in [-0.15, -0.1) is 0 Å². The molecular weight excluding hydrogens is 280 g/mol. The van der Waals surface area contributed by atoms with Crippen molar-refractivity contribution >= 4 is 11.8 Å². The first-order chi connectivity index (χ1) is 10.6. The molecule has 3 fully saturated rings. The first kappa shape index (κ1) is 15.8. The van der Waals surface area contributed by atoms with Gasteiger partial charge in [0.15, 0.2) is 0 Å². The number of amides is 2. The summed E-state index contributed by atoms with van der Waals surface area (Å²) in [4.78, 5) is 28.3. The standard InChI is InChI=1S/C17H28N2O3/c20-15-7-5-11-19(15)14-6-4-10-18(13-14)16(21)12-17(22)8-2-1-3-9-17/h14,22H,1-13H2. The van der Waals surface area contributed by atoms with Gasteiger partial charge in [-0.1, -0.05) is 19.3 Å². The Morgan fingerprint density at radius 3 is 2.59 bits per heavy atom. The summed E-state index contributed by atoms with van der Waals surface area (Å²) in [6.07, 6.45) is 8.53. The van der Waals surface area contributed by atoms with Crippen LogP contribution in [0, 0.1) is 0 Å². The number of hydrogen-bond acceptors (Lipinski definition) is 3. The van der Waals surface area contributed by atoms with Crippen LogP contribution >= 0.6 is 0 Å². The highest BCUT2D eigenvalue weighted by Gasteiger charge is 2.36. The zero-order chi connectivity index (χ0) is 15.6. The molecule has 2 aliphatic heterocycles. The van der Waals surface area contributed by atoms with Crippen LogP contribution in [-0.2, 0) is 9.59 Å². The number of likely N-dealkylation sites (tertiary alicyclic amines) is 2. The molecule has 0 aromatic carbocycles. The van der Waals surface area contributed by atoms with Crippen molar-refractivity contribution < 1.29 is 14.7 Å². The van der Waals surface area contributed by atoms with E-state index < -0.39 is 5.60 Å². The number of rotatable bonds is 3. The van der Waals surface area contributed by atoms with Gasteiger partial charge in [0.25, 0.3) is 0 Å². The Kier molecular flexibility index (Phi) is 4.71.